The Hall–Kier alpha value is -0.370. The van der Waals surface area contributed by atoms with E-state index in [-0.39, 0.29) is 6.04 Å². The fourth-order valence-electron chi connectivity index (χ4n) is 2.51. The monoisotopic (exact) mass is 180 g/mol. The summed E-state index contributed by atoms with van der Waals surface area (Å²) in [6.07, 6.45) is 8.24. The van der Waals surface area contributed by atoms with Gasteiger partial charge in [0.15, 0.2) is 5.78 Å². The van der Waals surface area contributed by atoms with Crippen LogP contribution in [0.4, 0.5) is 0 Å². The molecule has 2 nitrogen and oxygen atoms in total. The van der Waals surface area contributed by atoms with Gasteiger partial charge in [0.25, 0.3) is 0 Å². The molecular weight excluding hydrogens is 162 g/mol. The molecule has 1 saturated heterocycles. The number of carbonyl (C=O) groups is 1. The zero-order valence-corrected chi connectivity index (χ0v) is 8.17. The van der Waals surface area contributed by atoms with Gasteiger partial charge in [-0.1, -0.05) is 19.3 Å². The molecule has 1 aliphatic heterocycles. The topological polar surface area (TPSA) is 31.2 Å². The lowest BCUT2D eigenvalue weighted by Gasteiger charge is -2.22. The first-order valence-electron chi connectivity index (χ1n) is 5.58. The molecule has 2 fully saturated rings. The molecule has 0 N–H and O–H groups in total. The largest absolute Gasteiger partial charge is 0.298 e. The van der Waals surface area contributed by atoms with E-state index < -0.39 is 0 Å². The van der Waals surface area contributed by atoms with Gasteiger partial charge in [-0.15, -0.1) is 0 Å². The summed E-state index contributed by atoms with van der Waals surface area (Å²) < 4.78 is 0. The van der Waals surface area contributed by atoms with Crippen LogP contribution >= 0.6 is 0 Å². The molecule has 0 aromatic carbocycles. The Balaban J connectivity index is 1.87. The number of ketones is 1. The highest BCUT2D eigenvalue weighted by Gasteiger charge is 2.30. The van der Waals surface area contributed by atoms with E-state index in [1.807, 2.05) is 0 Å². The minimum atomic E-state index is 0.0862. The number of nitrogens with zero attached hydrogens (tertiary/aromatic N) is 1. The zero-order valence-electron chi connectivity index (χ0n) is 8.17. The predicted octanol–water partition coefficient (Wildman–Crippen LogP) is 1.90. The summed E-state index contributed by atoms with van der Waals surface area (Å²) in [5.41, 5.74) is 0. The lowest BCUT2D eigenvalue weighted by molar-refractivity contribution is -0.125. The minimum absolute atomic E-state index is 0.0862. The van der Waals surface area contributed by atoms with Crippen LogP contribution in [-0.4, -0.2) is 18.4 Å². The SMILES string of the molecule is O=C(C1CCCCC1)C1CCC[N]1. The van der Waals surface area contributed by atoms with Gasteiger partial charge in [-0.3, -0.25) is 4.79 Å². The van der Waals surface area contributed by atoms with Gasteiger partial charge in [0.2, 0.25) is 0 Å². The number of carbonyl (C=O) groups excluding carboxylic acids is 1. The van der Waals surface area contributed by atoms with Crippen LogP contribution in [0.3, 0.4) is 0 Å². The predicted molar refractivity (Wildman–Crippen MR) is 51.6 cm³/mol. The van der Waals surface area contributed by atoms with E-state index >= 15 is 0 Å². The average Bonchev–Trinajstić information content (AvgIpc) is 2.71. The maximum Gasteiger partial charge on any atom is 0.154 e. The van der Waals surface area contributed by atoms with Gasteiger partial charge in [0.05, 0.1) is 6.04 Å². The molecule has 13 heavy (non-hydrogen) atoms. The van der Waals surface area contributed by atoms with Crippen molar-refractivity contribution >= 4 is 5.78 Å². The summed E-state index contributed by atoms with van der Waals surface area (Å²) in [6.45, 7) is 0.920. The molecule has 2 heteroatoms. The van der Waals surface area contributed by atoms with Crippen molar-refractivity contribution in [2.75, 3.05) is 6.54 Å². The molecule has 1 unspecified atom stereocenters. The third-order valence-electron chi connectivity index (χ3n) is 3.32. The first-order valence-corrected chi connectivity index (χ1v) is 5.58. The minimum Gasteiger partial charge on any atom is -0.298 e. The Morgan fingerprint density at radius 3 is 2.38 bits per heavy atom. The molecule has 2 aliphatic rings. The highest BCUT2D eigenvalue weighted by molar-refractivity contribution is 5.86. The van der Waals surface area contributed by atoms with Crippen molar-refractivity contribution in [1.82, 2.24) is 5.32 Å². The Labute approximate surface area is 80.1 Å². The smallest absolute Gasteiger partial charge is 0.154 e. The van der Waals surface area contributed by atoms with Gasteiger partial charge in [-0.25, -0.2) is 5.32 Å². The molecule has 1 aliphatic carbocycles. The van der Waals surface area contributed by atoms with Crippen LogP contribution in [0.2, 0.25) is 0 Å². The highest BCUT2D eigenvalue weighted by Crippen LogP contribution is 2.27. The van der Waals surface area contributed by atoms with Gasteiger partial charge >= 0.3 is 0 Å². The maximum absolute atomic E-state index is 11.9. The molecule has 73 valence electrons. The normalized spacial score (nSPS) is 30.6. The van der Waals surface area contributed by atoms with Crippen molar-refractivity contribution in [3.8, 4) is 0 Å². The molecule has 0 spiro atoms. The molecular formula is C11H18NO. The first-order chi connectivity index (χ1) is 6.38. The van der Waals surface area contributed by atoms with Crippen LogP contribution in [0, 0.1) is 5.92 Å². The second-order valence-electron chi connectivity index (χ2n) is 4.30. The standard InChI is InChI=1S/C11H18NO/c13-11(10-7-4-8-12-10)9-5-2-1-3-6-9/h9-10H,1-8H2. The summed E-state index contributed by atoms with van der Waals surface area (Å²) in [4.78, 5) is 11.9. The summed E-state index contributed by atoms with van der Waals surface area (Å²) in [7, 11) is 0. The van der Waals surface area contributed by atoms with Gasteiger partial charge in [0.1, 0.15) is 0 Å². The number of hydrogen-bond donors (Lipinski definition) is 0. The summed E-state index contributed by atoms with van der Waals surface area (Å²) in [5.74, 6) is 0.817. The van der Waals surface area contributed by atoms with E-state index in [9.17, 15) is 4.79 Å². The van der Waals surface area contributed by atoms with E-state index in [0.717, 1.165) is 32.2 Å². The molecule has 0 bridgehead atoms. The van der Waals surface area contributed by atoms with Crippen molar-refractivity contribution in [2.45, 2.75) is 51.0 Å². The van der Waals surface area contributed by atoms with Gasteiger partial charge in [-0.2, -0.15) is 0 Å². The summed E-state index contributed by atoms with van der Waals surface area (Å²) in [5, 5.41) is 4.36. The molecule has 1 heterocycles. The van der Waals surface area contributed by atoms with E-state index in [4.69, 9.17) is 0 Å². The number of hydrogen-bond acceptors (Lipinski definition) is 1. The van der Waals surface area contributed by atoms with Gasteiger partial charge in [-0.05, 0) is 25.7 Å². The maximum atomic E-state index is 11.9. The molecule has 1 radical (unpaired) electrons. The van der Waals surface area contributed by atoms with E-state index in [1.165, 1.54) is 19.3 Å². The van der Waals surface area contributed by atoms with Gasteiger partial charge < -0.3 is 0 Å². The van der Waals surface area contributed by atoms with E-state index in [0.29, 0.717) is 11.7 Å². The van der Waals surface area contributed by atoms with Gasteiger partial charge in [0, 0.05) is 12.5 Å². The zero-order chi connectivity index (χ0) is 9.10. The molecule has 1 atom stereocenters. The second-order valence-corrected chi connectivity index (χ2v) is 4.30. The van der Waals surface area contributed by atoms with Crippen LogP contribution in [0.25, 0.3) is 0 Å². The number of rotatable bonds is 2. The van der Waals surface area contributed by atoms with Crippen LogP contribution in [0.1, 0.15) is 44.9 Å². The van der Waals surface area contributed by atoms with Crippen LogP contribution in [0.15, 0.2) is 0 Å². The summed E-state index contributed by atoms with van der Waals surface area (Å²) in [6, 6.07) is 0.0862. The van der Waals surface area contributed by atoms with E-state index in [2.05, 4.69) is 5.32 Å². The lowest BCUT2D eigenvalue weighted by atomic mass is 9.83. The van der Waals surface area contributed by atoms with Crippen molar-refractivity contribution < 1.29 is 4.79 Å². The average molecular weight is 180 g/mol. The van der Waals surface area contributed by atoms with E-state index in [1.54, 1.807) is 0 Å². The van der Waals surface area contributed by atoms with Crippen LogP contribution in [-0.2, 0) is 4.79 Å². The molecule has 0 amide bonds. The molecule has 0 aromatic heterocycles. The Morgan fingerprint density at radius 2 is 1.77 bits per heavy atom. The van der Waals surface area contributed by atoms with Crippen molar-refractivity contribution in [1.29, 1.82) is 0 Å². The number of Topliss-reactive ketones (excluding diaryl/α,β-unsaturated/α-hetero) is 1. The first kappa shape index (κ1) is 9.20. The molecule has 1 saturated carbocycles. The Bertz CT molecular complexity index is 179. The van der Waals surface area contributed by atoms with Crippen molar-refractivity contribution in [2.24, 2.45) is 5.92 Å². The van der Waals surface area contributed by atoms with Crippen LogP contribution < -0.4 is 5.32 Å². The third kappa shape index (κ3) is 2.11. The lowest BCUT2D eigenvalue weighted by Crippen LogP contribution is -2.32. The fourth-order valence-corrected chi connectivity index (χ4v) is 2.51. The van der Waals surface area contributed by atoms with Crippen molar-refractivity contribution in [3.63, 3.8) is 0 Å². The molecule has 0 aromatic rings. The molecule has 2 rings (SSSR count). The Morgan fingerprint density at radius 1 is 1.00 bits per heavy atom. The third-order valence-corrected chi connectivity index (χ3v) is 3.32. The summed E-state index contributed by atoms with van der Waals surface area (Å²) >= 11 is 0. The quantitative estimate of drug-likeness (QED) is 0.638. The fraction of sp³-hybridized carbons (Fsp3) is 0.909. The van der Waals surface area contributed by atoms with Crippen molar-refractivity contribution in [3.05, 3.63) is 0 Å². The Kier molecular flexibility index (Phi) is 2.99. The second kappa shape index (κ2) is 4.23. The highest BCUT2D eigenvalue weighted by atomic mass is 16.1. The van der Waals surface area contributed by atoms with Crippen LogP contribution in [0.5, 0.6) is 0 Å².